The van der Waals surface area contributed by atoms with Gasteiger partial charge in [0.15, 0.2) is 0 Å². The van der Waals surface area contributed by atoms with Crippen molar-refractivity contribution >= 4 is 0 Å². The van der Waals surface area contributed by atoms with Crippen LogP contribution in [0.4, 0.5) is 13.2 Å². The molecule has 1 heterocycles. The van der Waals surface area contributed by atoms with Crippen molar-refractivity contribution in [3.05, 3.63) is 34.9 Å². The van der Waals surface area contributed by atoms with Crippen molar-refractivity contribution in [2.45, 2.75) is 25.1 Å². The fourth-order valence-electron chi connectivity index (χ4n) is 2.22. The van der Waals surface area contributed by atoms with Gasteiger partial charge in [0.2, 0.25) is 0 Å². The lowest BCUT2D eigenvalue weighted by molar-refractivity contribution is -0.137. The summed E-state index contributed by atoms with van der Waals surface area (Å²) in [7, 11) is 0. The van der Waals surface area contributed by atoms with Gasteiger partial charge in [0, 0.05) is 19.7 Å². The summed E-state index contributed by atoms with van der Waals surface area (Å²) >= 11 is 0. The Morgan fingerprint density at radius 3 is 2.76 bits per heavy atom. The van der Waals surface area contributed by atoms with E-state index in [1.54, 1.807) is 0 Å². The van der Waals surface area contributed by atoms with Gasteiger partial charge in [-0.3, -0.25) is 0 Å². The number of hydrogen-bond acceptors (Lipinski definition) is 2. The molecule has 94 valence electrons. The number of nitrogens with one attached hydrogen (secondary N) is 1. The van der Waals surface area contributed by atoms with Crippen molar-refractivity contribution in [2.24, 2.45) is 0 Å². The summed E-state index contributed by atoms with van der Waals surface area (Å²) in [5.41, 5.74) is 0.997. The average molecular weight is 245 g/mol. The Morgan fingerprint density at radius 1 is 1.35 bits per heavy atom. The zero-order valence-electron chi connectivity index (χ0n) is 9.22. The molecule has 0 aromatic heterocycles. The van der Waals surface area contributed by atoms with E-state index in [-0.39, 0.29) is 12.5 Å². The molecule has 17 heavy (non-hydrogen) atoms. The molecule has 2 nitrogen and oxygen atoms in total. The number of rotatable bonds is 2. The number of benzene rings is 1. The molecule has 0 saturated carbocycles. The summed E-state index contributed by atoms with van der Waals surface area (Å²) in [6.45, 7) is 1.20. The molecule has 0 aliphatic carbocycles. The van der Waals surface area contributed by atoms with Crippen molar-refractivity contribution in [3.8, 4) is 0 Å². The van der Waals surface area contributed by atoms with Gasteiger partial charge < -0.3 is 10.4 Å². The standard InChI is InChI=1S/C12H14F3NO/c13-12(14,15)10-2-1-8-6-16-7-9(3-4-17)11(8)5-10/h1-2,5,9,16-17H,3-4,6-7H2. The van der Waals surface area contributed by atoms with Gasteiger partial charge in [0.25, 0.3) is 0 Å². The molecule has 1 aromatic rings. The Morgan fingerprint density at radius 2 is 2.12 bits per heavy atom. The molecule has 1 aromatic carbocycles. The number of alkyl halides is 3. The quantitative estimate of drug-likeness (QED) is 0.837. The number of halogens is 3. The van der Waals surface area contributed by atoms with Crippen molar-refractivity contribution in [3.63, 3.8) is 0 Å². The minimum absolute atomic E-state index is 0.0119. The van der Waals surface area contributed by atoms with Crippen LogP contribution in [-0.4, -0.2) is 18.3 Å². The first-order valence-electron chi connectivity index (χ1n) is 5.54. The second-order valence-corrected chi connectivity index (χ2v) is 4.25. The highest BCUT2D eigenvalue weighted by atomic mass is 19.4. The van der Waals surface area contributed by atoms with Crippen LogP contribution in [0.25, 0.3) is 0 Å². The largest absolute Gasteiger partial charge is 0.416 e. The minimum atomic E-state index is -4.30. The molecule has 1 unspecified atom stereocenters. The number of hydrogen-bond donors (Lipinski definition) is 2. The van der Waals surface area contributed by atoms with Crippen molar-refractivity contribution < 1.29 is 18.3 Å². The molecule has 2 rings (SSSR count). The van der Waals surface area contributed by atoms with E-state index in [9.17, 15) is 13.2 Å². The first-order chi connectivity index (χ1) is 8.02. The molecule has 0 spiro atoms. The fourth-order valence-corrected chi connectivity index (χ4v) is 2.22. The van der Waals surface area contributed by atoms with Crippen LogP contribution in [-0.2, 0) is 12.7 Å². The predicted octanol–water partition coefficient (Wildman–Crippen LogP) is 2.27. The molecule has 0 bridgehead atoms. The van der Waals surface area contributed by atoms with Crippen LogP contribution in [0.15, 0.2) is 18.2 Å². The molecular weight excluding hydrogens is 231 g/mol. The lowest BCUT2D eigenvalue weighted by atomic mass is 9.87. The molecule has 2 N–H and O–H groups in total. The van der Waals surface area contributed by atoms with Gasteiger partial charge in [-0.2, -0.15) is 13.2 Å². The lowest BCUT2D eigenvalue weighted by Gasteiger charge is -2.26. The minimum Gasteiger partial charge on any atom is -0.396 e. The summed E-state index contributed by atoms with van der Waals surface area (Å²) in [6.07, 6.45) is -3.81. The maximum Gasteiger partial charge on any atom is 0.416 e. The van der Waals surface area contributed by atoms with Gasteiger partial charge in [-0.15, -0.1) is 0 Å². The topological polar surface area (TPSA) is 32.3 Å². The molecule has 1 aliphatic heterocycles. The third kappa shape index (κ3) is 2.61. The monoisotopic (exact) mass is 245 g/mol. The van der Waals surface area contributed by atoms with Crippen LogP contribution in [0.5, 0.6) is 0 Å². The molecule has 0 saturated heterocycles. The average Bonchev–Trinajstić information content (AvgIpc) is 2.28. The van der Waals surface area contributed by atoms with Crippen LogP contribution in [0.3, 0.4) is 0 Å². The van der Waals surface area contributed by atoms with E-state index < -0.39 is 11.7 Å². The van der Waals surface area contributed by atoms with E-state index in [1.165, 1.54) is 12.1 Å². The van der Waals surface area contributed by atoms with Crippen LogP contribution < -0.4 is 5.32 Å². The summed E-state index contributed by atoms with van der Waals surface area (Å²) in [5.74, 6) is -0.0361. The van der Waals surface area contributed by atoms with Crippen molar-refractivity contribution in [1.82, 2.24) is 5.32 Å². The Balaban J connectivity index is 2.37. The van der Waals surface area contributed by atoms with Gasteiger partial charge in [-0.1, -0.05) is 6.07 Å². The summed E-state index contributed by atoms with van der Waals surface area (Å²) in [6, 6.07) is 3.85. The molecular formula is C12H14F3NO. The second-order valence-electron chi connectivity index (χ2n) is 4.25. The molecule has 0 amide bonds. The summed E-state index contributed by atoms with van der Waals surface area (Å²) in [4.78, 5) is 0. The zero-order chi connectivity index (χ0) is 12.5. The predicted molar refractivity (Wildman–Crippen MR) is 57.6 cm³/mol. The lowest BCUT2D eigenvalue weighted by Crippen LogP contribution is -2.29. The summed E-state index contributed by atoms with van der Waals surface area (Å²) in [5, 5.41) is 12.1. The third-order valence-corrected chi connectivity index (χ3v) is 3.10. The van der Waals surface area contributed by atoms with Crippen LogP contribution in [0, 0.1) is 0 Å². The first kappa shape index (κ1) is 12.4. The maximum absolute atomic E-state index is 12.6. The van der Waals surface area contributed by atoms with Gasteiger partial charge >= 0.3 is 6.18 Å². The van der Waals surface area contributed by atoms with Gasteiger partial charge in [-0.25, -0.2) is 0 Å². The van der Waals surface area contributed by atoms with Crippen molar-refractivity contribution in [2.75, 3.05) is 13.2 Å². The molecule has 1 atom stereocenters. The fraction of sp³-hybridized carbons (Fsp3) is 0.500. The number of aliphatic hydroxyl groups is 1. The Bertz CT molecular complexity index is 403. The van der Waals surface area contributed by atoms with Gasteiger partial charge in [0.1, 0.15) is 0 Å². The third-order valence-electron chi connectivity index (χ3n) is 3.10. The number of aliphatic hydroxyl groups excluding tert-OH is 1. The zero-order valence-corrected chi connectivity index (χ0v) is 9.22. The first-order valence-corrected chi connectivity index (χ1v) is 5.54. The van der Waals surface area contributed by atoms with Gasteiger partial charge in [-0.05, 0) is 35.6 Å². The Labute approximate surface area is 97.5 Å². The Kier molecular flexibility index (Phi) is 3.40. The van der Waals surface area contributed by atoms with E-state index in [0.29, 0.717) is 25.1 Å². The second kappa shape index (κ2) is 4.66. The maximum atomic E-state index is 12.6. The van der Waals surface area contributed by atoms with E-state index in [4.69, 9.17) is 5.11 Å². The highest BCUT2D eigenvalue weighted by Crippen LogP contribution is 2.34. The molecule has 0 radical (unpaired) electrons. The SMILES string of the molecule is OCCC1CNCc2ccc(C(F)(F)F)cc21. The molecule has 0 fully saturated rings. The van der Waals surface area contributed by atoms with E-state index in [2.05, 4.69) is 5.32 Å². The molecule has 5 heteroatoms. The summed E-state index contributed by atoms with van der Waals surface area (Å²) < 4.78 is 37.8. The van der Waals surface area contributed by atoms with Crippen LogP contribution in [0.2, 0.25) is 0 Å². The van der Waals surface area contributed by atoms with Crippen LogP contribution in [0.1, 0.15) is 29.0 Å². The smallest absolute Gasteiger partial charge is 0.396 e. The Hall–Kier alpha value is -1.07. The van der Waals surface area contributed by atoms with E-state index >= 15 is 0 Å². The van der Waals surface area contributed by atoms with E-state index in [0.717, 1.165) is 11.6 Å². The highest BCUT2D eigenvalue weighted by Gasteiger charge is 2.32. The number of fused-ring (bicyclic) bond motifs is 1. The highest BCUT2D eigenvalue weighted by molar-refractivity contribution is 5.37. The normalized spacial score (nSPS) is 20.1. The van der Waals surface area contributed by atoms with Crippen molar-refractivity contribution in [1.29, 1.82) is 0 Å². The van der Waals surface area contributed by atoms with Crippen LogP contribution >= 0.6 is 0 Å². The van der Waals surface area contributed by atoms with E-state index in [1.807, 2.05) is 0 Å². The molecule has 1 aliphatic rings. The van der Waals surface area contributed by atoms with Gasteiger partial charge in [0.05, 0.1) is 5.56 Å².